The van der Waals surface area contributed by atoms with E-state index in [2.05, 4.69) is 29.8 Å². The first-order valence-electron chi connectivity index (χ1n) is 7.72. The van der Waals surface area contributed by atoms with Gasteiger partial charge in [0.2, 0.25) is 11.8 Å². The van der Waals surface area contributed by atoms with Gasteiger partial charge in [0.05, 0.1) is 5.69 Å². The van der Waals surface area contributed by atoms with E-state index in [1.165, 1.54) is 11.8 Å². The first kappa shape index (κ1) is 18.7. The summed E-state index contributed by atoms with van der Waals surface area (Å²) < 4.78 is 0.827. The molecule has 1 rings (SSSR count). The molecule has 0 radical (unpaired) electrons. The SMILES string of the molecule is CCCN(CCC)C(=O)CN(C(C)=O)c1ccc(C)cc1Br. The standard InChI is InChI=1S/C17H25BrN2O2/c1-5-9-19(10-6-2)17(22)12-20(14(4)21)16-8-7-13(3)11-15(16)18/h7-8,11H,5-6,9-10,12H2,1-4H3. The molecule has 0 fully saturated rings. The Kier molecular flexibility index (Phi) is 7.59. The average Bonchev–Trinajstić information content (AvgIpc) is 2.44. The van der Waals surface area contributed by atoms with E-state index in [-0.39, 0.29) is 18.4 Å². The lowest BCUT2D eigenvalue weighted by Gasteiger charge is -2.27. The second-order valence-electron chi connectivity index (χ2n) is 5.44. The molecule has 0 unspecified atom stereocenters. The highest BCUT2D eigenvalue weighted by molar-refractivity contribution is 9.10. The van der Waals surface area contributed by atoms with Crippen LogP contribution >= 0.6 is 15.9 Å². The number of benzene rings is 1. The minimum absolute atomic E-state index is 0.00799. The molecule has 5 heteroatoms. The fourth-order valence-corrected chi connectivity index (χ4v) is 3.04. The maximum absolute atomic E-state index is 12.5. The Bertz CT molecular complexity index is 525. The maximum Gasteiger partial charge on any atom is 0.242 e. The van der Waals surface area contributed by atoms with Crippen LogP contribution in [0.25, 0.3) is 0 Å². The molecule has 0 aliphatic heterocycles. The number of rotatable bonds is 7. The smallest absolute Gasteiger partial charge is 0.242 e. The molecule has 0 bridgehead atoms. The summed E-state index contributed by atoms with van der Waals surface area (Å²) in [6.45, 7) is 9.12. The van der Waals surface area contributed by atoms with Gasteiger partial charge in [-0.05, 0) is 53.4 Å². The van der Waals surface area contributed by atoms with Crippen LogP contribution in [0.1, 0.15) is 39.2 Å². The lowest BCUT2D eigenvalue weighted by atomic mass is 10.2. The highest BCUT2D eigenvalue weighted by atomic mass is 79.9. The molecule has 1 aromatic rings. The third-order valence-corrected chi connectivity index (χ3v) is 4.04. The third-order valence-electron chi connectivity index (χ3n) is 3.41. The summed E-state index contributed by atoms with van der Waals surface area (Å²) in [6.07, 6.45) is 1.83. The van der Waals surface area contributed by atoms with Gasteiger partial charge in [0, 0.05) is 24.5 Å². The Morgan fingerprint density at radius 2 is 1.73 bits per heavy atom. The summed E-state index contributed by atoms with van der Waals surface area (Å²) in [6, 6.07) is 5.76. The number of aryl methyl sites for hydroxylation is 1. The van der Waals surface area contributed by atoms with Crippen LogP contribution in [0.4, 0.5) is 5.69 Å². The average molecular weight is 369 g/mol. The van der Waals surface area contributed by atoms with Gasteiger partial charge in [0.25, 0.3) is 0 Å². The first-order chi connectivity index (χ1) is 10.4. The number of halogens is 1. The summed E-state index contributed by atoms with van der Waals surface area (Å²) in [4.78, 5) is 27.9. The second-order valence-corrected chi connectivity index (χ2v) is 6.30. The van der Waals surface area contributed by atoms with Gasteiger partial charge in [0.15, 0.2) is 0 Å². The van der Waals surface area contributed by atoms with Crippen molar-refractivity contribution in [2.24, 2.45) is 0 Å². The number of carbonyl (C=O) groups excluding carboxylic acids is 2. The quantitative estimate of drug-likeness (QED) is 0.734. The van der Waals surface area contributed by atoms with E-state index < -0.39 is 0 Å². The van der Waals surface area contributed by atoms with Crippen molar-refractivity contribution in [3.63, 3.8) is 0 Å². The monoisotopic (exact) mass is 368 g/mol. The van der Waals surface area contributed by atoms with Crippen LogP contribution in [-0.4, -0.2) is 36.3 Å². The minimum atomic E-state index is -0.133. The van der Waals surface area contributed by atoms with Crippen molar-refractivity contribution < 1.29 is 9.59 Å². The Morgan fingerprint density at radius 3 is 2.18 bits per heavy atom. The van der Waals surface area contributed by atoms with Gasteiger partial charge in [-0.15, -0.1) is 0 Å². The molecule has 0 aliphatic rings. The van der Waals surface area contributed by atoms with E-state index in [9.17, 15) is 9.59 Å². The summed E-state index contributed by atoms with van der Waals surface area (Å²) in [7, 11) is 0. The second kappa shape index (κ2) is 8.93. The topological polar surface area (TPSA) is 40.6 Å². The van der Waals surface area contributed by atoms with Gasteiger partial charge in [0.1, 0.15) is 6.54 Å². The van der Waals surface area contributed by atoms with Gasteiger partial charge in [-0.2, -0.15) is 0 Å². The molecule has 0 atom stereocenters. The molecule has 4 nitrogen and oxygen atoms in total. The number of anilines is 1. The van der Waals surface area contributed by atoms with Crippen LogP contribution in [0.5, 0.6) is 0 Å². The summed E-state index contributed by atoms with van der Waals surface area (Å²) >= 11 is 3.49. The Morgan fingerprint density at radius 1 is 1.14 bits per heavy atom. The van der Waals surface area contributed by atoms with Crippen LogP contribution in [-0.2, 0) is 9.59 Å². The van der Waals surface area contributed by atoms with Crippen molar-refractivity contribution in [1.82, 2.24) is 4.90 Å². The number of amides is 2. The highest BCUT2D eigenvalue weighted by Crippen LogP contribution is 2.27. The molecule has 0 heterocycles. The normalized spacial score (nSPS) is 10.4. The third kappa shape index (κ3) is 5.13. The molecule has 0 saturated heterocycles. The number of carbonyl (C=O) groups is 2. The predicted molar refractivity (Wildman–Crippen MR) is 94.1 cm³/mol. The zero-order valence-corrected chi connectivity index (χ0v) is 15.4. The molecular formula is C17H25BrN2O2. The Labute approximate surface area is 141 Å². The van der Waals surface area contributed by atoms with E-state index in [1.807, 2.05) is 30.0 Å². The molecule has 0 aliphatic carbocycles. The fraction of sp³-hybridized carbons (Fsp3) is 0.529. The van der Waals surface area contributed by atoms with Crippen molar-refractivity contribution in [2.75, 3.05) is 24.5 Å². The summed E-state index contributed by atoms with van der Waals surface area (Å²) in [5, 5.41) is 0. The van der Waals surface area contributed by atoms with Gasteiger partial charge in [-0.25, -0.2) is 0 Å². The fourth-order valence-electron chi connectivity index (χ4n) is 2.33. The van der Waals surface area contributed by atoms with E-state index in [4.69, 9.17) is 0 Å². The van der Waals surface area contributed by atoms with Crippen LogP contribution in [0.15, 0.2) is 22.7 Å². The van der Waals surface area contributed by atoms with Gasteiger partial charge in [-0.1, -0.05) is 19.9 Å². The van der Waals surface area contributed by atoms with Gasteiger partial charge in [-0.3, -0.25) is 9.59 Å². The van der Waals surface area contributed by atoms with E-state index in [0.717, 1.165) is 41.7 Å². The number of hydrogen-bond donors (Lipinski definition) is 0. The molecule has 122 valence electrons. The van der Waals surface area contributed by atoms with Crippen LogP contribution in [0.2, 0.25) is 0 Å². The van der Waals surface area contributed by atoms with Gasteiger partial charge >= 0.3 is 0 Å². The first-order valence-corrected chi connectivity index (χ1v) is 8.52. The number of hydrogen-bond acceptors (Lipinski definition) is 2. The minimum Gasteiger partial charge on any atom is -0.341 e. The van der Waals surface area contributed by atoms with Gasteiger partial charge < -0.3 is 9.80 Å². The van der Waals surface area contributed by atoms with Crippen molar-refractivity contribution in [3.8, 4) is 0 Å². The van der Waals surface area contributed by atoms with Crippen LogP contribution in [0.3, 0.4) is 0 Å². The van der Waals surface area contributed by atoms with E-state index >= 15 is 0 Å². The van der Waals surface area contributed by atoms with Crippen molar-refractivity contribution in [1.29, 1.82) is 0 Å². The molecule has 2 amide bonds. The lowest BCUT2D eigenvalue weighted by molar-refractivity contribution is -0.131. The van der Waals surface area contributed by atoms with E-state index in [1.54, 1.807) is 0 Å². The highest BCUT2D eigenvalue weighted by Gasteiger charge is 2.21. The molecule has 1 aromatic carbocycles. The molecule has 0 spiro atoms. The van der Waals surface area contributed by atoms with Crippen LogP contribution < -0.4 is 4.90 Å². The maximum atomic E-state index is 12.5. The van der Waals surface area contributed by atoms with Crippen molar-refractivity contribution >= 4 is 33.4 Å². The number of nitrogens with zero attached hydrogens (tertiary/aromatic N) is 2. The largest absolute Gasteiger partial charge is 0.341 e. The molecule has 22 heavy (non-hydrogen) atoms. The summed E-state index contributed by atoms with van der Waals surface area (Å²) in [5.41, 5.74) is 1.84. The molecule has 0 saturated carbocycles. The van der Waals surface area contributed by atoms with Crippen LogP contribution in [0, 0.1) is 6.92 Å². The molecular weight excluding hydrogens is 344 g/mol. The van der Waals surface area contributed by atoms with Crippen molar-refractivity contribution in [2.45, 2.75) is 40.5 Å². The predicted octanol–water partition coefficient (Wildman–Crippen LogP) is 3.76. The molecule has 0 aromatic heterocycles. The zero-order chi connectivity index (χ0) is 16.7. The van der Waals surface area contributed by atoms with E-state index in [0.29, 0.717) is 0 Å². The Hall–Kier alpha value is -1.36. The zero-order valence-electron chi connectivity index (χ0n) is 13.9. The Balaban J connectivity index is 2.96. The lowest BCUT2D eigenvalue weighted by Crippen LogP contribution is -2.43. The summed E-state index contributed by atoms with van der Waals surface area (Å²) in [5.74, 6) is -0.141. The van der Waals surface area contributed by atoms with Crippen molar-refractivity contribution in [3.05, 3.63) is 28.2 Å². The molecule has 0 N–H and O–H groups in total.